The summed E-state index contributed by atoms with van der Waals surface area (Å²) in [5.74, 6) is 0.435. The average molecular weight is 417 g/mol. The Bertz CT molecular complexity index is 1040. The number of hydrogen-bond acceptors (Lipinski definition) is 6. The van der Waals surface area contributed by atoms with Crippen LogP contribution in [-0.4, -0.2) is 31.6 Å². The van der Waals surface area contributed by atoms with Gasteiger partial charge in [0.15, 0.2) is 9.90 Å². The number of benzene rings is 1. The van der Waals surface area contributed by atoms with Crippen molar-refractivity contribution < 1.29 is 9.59 Å². The first-order valence-corrected chi connectivity index (χ1v) is 10.0. The Morgan fingerprint density at radius 1 is 1.25 bits per heavy atom. The van der Waals surface area contributed by atoms with Crippen LogP contribution in [0.4, 0.5) is 10.8 Å². The molecule has 0 aliphatic carbocycles. The summed E-state index contributed by atoms with van der Waals surface area (Å²) in [5, 5.41) is 14.8. The standard InChI is InChI=1S/C18H20N6O2S2/c1-3-4-15-22-23-18(27)24(15)9-16(26)21-17-20-14(10-28-17)12-5-7-13(8-6-12)19-11(2)25/h5-8,10H,3-4,9H2,1-2H3,(H,19,25)(H,23,27)(H,20,21,26). The van der Waals surface area contributed by atoms with Gasteiger partial charge in [-0.25, -0.2) is 4.98 Å². The quantitative estimate of drug-likeness (QED) is 0.510. The van der Waals surface area contributed by atoms with E-state index in [-0.39, 0.29) is 18.4 Å². The number of rotatable bonds is 7. The summed E-state index contributed by atoms with van der Waals surface area (Å²) in [6.45, 7) is 3.60. The largest absolute Gasteiger partial charge is 0.326 e. The number of hydrogen-bond donors (Lipinski definition) is 3. The molecule has 0 aliphatic heterocycles. The van der Waals surface area contributed by atoms with E-state index in [4.69, 9.17) is 12.2 Å². The summed E-state index contributed by atoms with van der Waals surface area (Å²) >= 11 is 6.55. The molecule has 3 aromatic rings. The molecular weight excluding hydrogens is 396 g/mol. The molecule has 0 saturated heterocycles. The first kappa shape index (κ1) is 19.9. The van der Waals surface area contributed by atoms with E-state index in [1.54, 1.807) is 4.57 Å². The second-order valence-electron chi connectivity index (χ2n) is 6.13. The fourth-order valence-corrected chi connectivity index (χ4v) is 3.57. The minimum Gasteiger partial charge on any atom is -0.326 e. The highest BCUT2D eigenvalue weighted by Gasteiger charge is 2.12. The van der Waals surface area contributed by atoms with Crippen molar-refractivity contribution in [3.63, 3.8) is 0 Å². The average Bonchev–Trinajstić information content (AvgIpc) is 3.24. The molecule has 0 radical (unpaired) electrons. The van der Waals surface area contributed by atoms with Crippen LogP contribution in [-0.2, 0) is 22.6 Å². The number of nitrogens with one attached hydrogen (secondary N) is 3. The fourth-order valence-electron chi connectivity index (χ4n) is 2.62. The molecule has 0 unspecified atom stereocenters. The predicted octanol–water partition coefficient (Wildman–Crippen LogP) is 3.61. The summed E-state index contributed by atoms with van der Waals surface area (Å²) in [7, 11) is 0. The Labute approximate surface area is 171 Å². The molecule has 8 nitrogen and oxygen atoms in total. The summed E-state index contributed by atoms with van der Waals surface area (Å²) in [6.07, 6.45) is 1.66. The number of thiazole rings is 1. The summed E-state index contributed by atoms with van der Waals surface area (Å²) in [5.41, 5.74) is 2.37. The number of H-pyrrole nitrogens is 1. The van der Waals surface area contributed by atoms with E-state index in [1.807, 2.05) is 36.6 Å². The molecule has 10 heteroatoms. The van der Waals surface area contributed by atoms with Gasteiger partial charge in [0.25, 0.3) is 0 Å². The van der Waals surface area contributed by atoms with Crippen molar-refractivity contribution in [2.75, 3.05) is 10.6 Å². The number of carbonyl (C=O) groups is 2. The number of carbonyl (C=O) groups excluding carboxylic acids is 2. The Balaban J connectivity index is 1.66. The zero-order valence-electron chi connectivity index (χ0n) is 15.5. The topological polar surface area (TPSA) is 105 Å². The zero-order chi connectivity index (χ0) is 20.1. The second kappa shape index (κ2) is 8.89. The smallest absolute Gasteiger partial charge is 0.246 e. The third-order valence-corrected chi connectivity index (χ3v) is 4.93. The maximum absolute atomic E-state index is 12.4. The van der Waals surface area contributed by atoms with Crippen LogP contribution in [0, 0.1) is 4.77 Å². The molecule has 3 rings (SSSR count). The lowest BCUT2D eigenvalue weighted by molar-refractivity contribution is -0.117. The van der Waals surface area contributed by atoms with Gasteiger partial charge in [-0.2, -0.15) is 5.10 Å². The Kier molecular flexibility index (Phi) is 6.32. The van der Waals surface area contributed by atoms with Crippen LogP contribution in [0.1, 0.15) is 26.1 Å². The van der Waals surface area contributed by atoms with E-state index in [0.29, 0.717) is 9.90 Å². The third kappa shape index (κ3) is 4.90. The maximum atomic E-state index is 12.4. The highest BCUT2D eigenvalue weighted by Crippen LogP contribution is 2.26. The van der Waals surface area contributed by atoms with Crippen molar-refractivity contribution in [3.8, 4) is 11.3 Å². The van der Waals surface area contributed by atoms with Gasteiger partial charge in [-0.3, -0.25) is 19.3 Å². The lowest BCUT2D eigenvalue weighted by Crippen LogP contribution is -2.20. The monoisotopic (exact) mass is 416 g/mol. The van der Waals surface area contributed by atoms with Crippen LogP contribution < -0.4 is 10.6 Å². The molecule has 0 fully saturated rings. The van der Waals surface area contributed by atoms with Gasteiger partial charge in [0.2, 0.25) is 11.8 Å². The van der Waals surface area contributed by atoms with Crippen LogP contribution in [0.3, 0.4) is 0 Å². The van der Waals surface area contributed by atoms with E-state index < -0.39 is 0 Å². The lowest BCUT2D eigenvalue weighted by atomic mass is 10.1. The first-order valence-electron chi connectivity index (χ1n) is 8.73. The summed E-state index contributed by atoms with van der Waals surface area (Å²) in [6, 6.07) is 7.36. The molecule has 2 heterocycles. The molecule has 0 atom stereocenters. The van der Waals surface area contributed by atoms with Crippen molar-refractivity contribution in [1.29, 1.82) is 0 Å². The van der Waals surface area contributed by atoms with Gasteiger partial charge >= 0.3 is 0 Å². The molecule has 0 bridgehead atoms. The molecule has 28 heavy (non-hydrogen) atoms. The van der Waals surface area contributed by atoms with Crippen molar-refractivity contribution >= 4 is 46.2 Å². The van der Waals surface area contributed by atoms with E-state index in [0.717, 1.165) is 35.6 Å². The molecular formula is C18H20N6O2S2. The lowest BCUT2D eigenvalue weighted by Gasteiger charge is -2.06. The molecule has 146 valence electrons. The Morgan fingerprint density at radius 2 is 2.00 bits per heavy atom. The Hall–Kier alpha value is -2.85. The molecule has 2 amide bonds. The first-order chi connectivity index (χ1) is 13.5. The Morgan fingerprint density at radius 3 is 2.68 bits per heavy atom. The van der Waals surface area contributed by atoms with Gasteiger partial charge in [0, 0.05) is 30.0 Å². The van der Waals surface area contributed by atoms with Crippen LogP contribution in [0.15, 0.2) is 29.6 Å². The van der Waals surface area contributed by atoms with E-state index in [1.165, 1.54) is 18.3 Å². The maximum Gasteiger partial charge on any atom is 0.246 e. The van der Waals surface area contributed by atoms with Crippen LogP contribution >= 0.6 is 23.6 Å². The van der Waals surface area contributed by atoms with Crippen LogP contribution in [0.25, 0.3) is 11.3 Å². The van der Waals surface area contributed by atoms with Gasteiger partial charge in [-0.05, 0) is 30.8 Å². The molecule has 0 spiro atoms. The molecule has 2 aromatic heterocycles. The fraction of sp³-hybridized carbons (Fsp3) is 0.278. The van der Waals surface area contributed by atoms with Gasteiger partial charge < -0.3 is 10.6 Å². The third-order valence-electron chi connectivity index (χ3n) is 3.86. The molecule has 1 aromatic carbocycles. The van der Waals surface area contributed by atoms with E-state index in [9.17, 15) is 9.59 Å². The molecule has 0 saturated carbocycles. The normalized spacial score (nSPS) is 10.6. The van der Waals surface area contributed by atoms with Crippen molar-refractivity contribution in [2.45, 2.75) is 33.2 Å². The summed E-state index contributed by atoms with van der Waals surface area (Å²) in [4.78, 5) is 27.9. The number of aromatic amines is 1. The molecule has 3 N–H and O–H groups in total. The highest BCUT2D eigenvalue weighted by atomic mass is 32.1. The highest BCUT2D eigenvalue weighted by molar-refractivity contribution is 7.71. The van der Waals surface area contributed by atoms with E-state index in [2.05, 4.69) is 25.8 Å². The molecule has 0 aliphatic rings. The zero-order valence-corrected chi connectivity index (χ0v) is 17.1. The number of aryl methyl sites for hydroxylation is 1. The van der Waals surface area contributed by atoms with Crippen LogP contribution in [0.5, 0.6) is 0 Å². The SMILES string of the molecule is CCCc1n[nH]c(=S)n1CC(=O)Nc1nc(-c2ccc(NC(C)=O)cc2)cs1. The second-order valence-corrected chi connectivity index (χ2v) is 7.37. The van der Waals surface area contributed by atoms with Crippen LogP contribution in [0.2, 0.25) is 0 Å². The summed E-state index contributed by atoms with van der Waals surface area (Å²) < 4.78 is 2.13. The van der Waals surface area contributed by atoms with Gasteiger partial charge in [-0.15, -0.1) is 11.3 Å². The van der Waals surface area contributed by atoms with E-state index >= 15 is 0 Å². The van der Waals surface area contributed by atoms with Gasteiger partial charge in [0.1, 0.15) is 12.4 Å². The van der Waals surface area contributed by atoms with Crippen molar-refractivity contribution in [2.24, 2.45) is 0 Å². The minimum atomic E-state index is -0.211. The number of anilines is 2. The minimum absolute atomic E-state index is 0.0883. The van der Waals surface area contributed by atoms with Gasteiger partial charge in [-0.1, -0.05) is 19.1 Å². The van der Waals surface area contributed by atoms with Gasteiger partial charge in [0.05, 0.1) is 5.69 Å². The predicted molar refractivity (Wildman–Crippen MR) is 112 cm³/mol. The number of nitrogens with zero attached hydrogens (tertiary/aromatic N) is 3. The number of amides is 2. The van der Waals surface area contributed by atoms with Crippen molar-refractivity contribution in [1.82, 2.24) is 19.7 Å². The van der Waals surface area contributed by atoms with Crippen molar-refractivity contribution in [3.05, 3.63) is 40.2 Å². The number of aromatic nitrogens is 4.